The van der Waals surface area contributed by atoms with Crippen LogP contribution in [0.4, 0.5) is 0 Å². The number of halogens is 4. The Balaban J connectivity index is 1.97. The van der Waals surface area contributed by atoms with Gasteiger partial charge in [-0.15, -0.1) is 0 Å². The van der Waals surface area contributed by atoms with Crippen LogP contribution in [0.2, 0.25) is 15.2 Å². The summed E-state index contributed by atoms with van der Waals surface area (Å²) < 4.78 is 0.692. The zero-order valence-electron chi connectivity index (χ0n) is 10.7. The molecule has 0 saturated carbocycles. The molecule has 0 spiro atoms. The van der Waals surface area contributed by atoms with E-state index in [9.17, 15) is 4.79 Å². The summed E-state index contributed by atoms with van der Waals surface area (Å²) in [5, 5.41) is 4.11. The molecular weight excluding hydrogens is 398 g/mol. The van der Waals surface area contributed by atoms with Gasteiger partial charge in [-0.2, -0.15) is 0 Å². The third-order valence-electron chi connectivity index (χ3n) is 2.75. The minimum atomic E-state index is -0.279. The Hall–Kier alpha value is -0.810. The Bertz CT molecular complexity index is 679. The fourth-order valence-electron chi connectivity index (χ4n) is 1.71. The van der Waals surface area contributed by atoms with Crippen LogP contribution in [0.25, 0.3) is 0 Å². The molecule has 21 heavy (non-hydrogen) atoms. The van der Waals surface area contributed by atoms with Gasteiger partial charge in [0, 0.05) is 27.3 Å². The number of aromatic nitrogens is 1. The first kappa shape index (κ1) is 16.6. The van der Waals surface area contributed by atoms with Crippen molar-refractivity contribution in [2.75, 3.05) is 6.54 Å². The Morgan fingerprint density at radius 3 is 2.71 bits per heavy atom. The zero-order chi connectivity index (χ0) is 15.4. The third-order valence-corrected chi connectivity index (χ3v) is 4.07. The van der Waals surface area contributed by atoms with E-state index < -0.39 is 0 Å². The molecular formula is C14H10BrCl3N2O. The maximum atomic E-state index is 12.0. The van der Waals surface area contributed by atoms with Gasteiger partial charge in [0.05, 0.1) is 5.56 Å². The van der Waals surface area contributed by atoms with Crippen LogP contribution in [0.15, 0.2) is 34.9 Å². The number of nitrogens with one attached hydrogen (secondary N) is 1. The molecule has 2 rings (SSSR count). The molecule has 1 aromatic heterocycles. The lowest BCUT2D eigenvalue weighted by Gasteiger charge is -2.08. The molecule has 0 aliphatic heterocycles. The van der Waals surface area contributed by atoms with E-state index in [0.29, 0.717) is 33.0 Å². The molecule has 0 fully saturated rings. The van der Waals surface area contributed by atoms with Gasteiger partial charge in [-0.05, 0) is 46.1 Å². The predicted molar refractivity (Wildman–Crippen MR) is 89.4 cm³/mol. The molecule has 0 aliphatic rings. The Morgan fingerprint density at radius 2 is 2.00 bits per heavy atom. The zero-order valence-corrected chi connectivity index (χ0v) is 14.5. The number of nitrogens with zero attached hydrogens (tertiary/aromatic N) is 1. The fraction of sp³-hybridized carbons (Fsp3) is 0.143. The molecule has 1 aromatic carbocycles. The standard InChI is InChI=1S/C14H10BrCl3N2O/c15-9-5-11(13(18)20-7-9)14(21)19-4-3-8-1-2-10(16)6-12(8)17/h1-2,5-7H,3-4H2,(H,19,21). The van der Waals surface area contributed by atoms with Crippen LogP contribution >= 0.6 is 50.7 Å². The second-order valence-electron chi connectivity index (χ2n) is 4.23. The summed E-state index contributed by atoms with van der Waals surface area (Å²) >= 11 is 21.1. The molecule has 0 saturated heterocycles. The van der Waals surface area contributed by atoms with Crippen molar-refractivity contribution in [2.24, 2.45) is 0 Å². The monoisotopic (exact) mass is 406 g/mol. The first-order chi connectivity index (χ1) is 9.97. The smallest absolute Gasteiger partial charge is 0.254 e. The minimum absolute atomic E-state index is 0.167. The molecule has 110 valence electrons. The highest BCUT2D eigenvalue weighted by Crippen LogP contribution is 2.21. The lowest BCUT2D eigenvalue weighted by Crippen LogP contribution is -2.26. The normalized spacial score (nSPS) is 10.5. The molecule has 1 amide bonds. The van der Waals surface area contributed by atoms with Crippen LogP contribution < -0.4 is 5.32 Å². The van der Waals surface area contributed by atoms with Crippen molar-refractivity contribution >= 4 is 56.6 Å². The summed E-state index contributed by atoms with van der Waals surface area (Å²) in [6.45, 7) is 0.434. The van der Waals surface area contributed by atoms with E-state index in [0.717, 1.165) is 5.56 Å². The third kappa shape index (κ3) is 4.58. The van der Waals surface area contributed by atoms with Crippen LogP contribution in [0.1, 0.15) is 15.9 Å². The highest BCUT2D eigenvalue weighted by atomic mass is 79.9. The average Bonchev–Trinajstić information content (AvgIpc) is 2.43. The van der Waals surface area contributed by atoms with Gasteiger partial charge < -0.3 is 5.32 Å². The summed E-state index contributed by atoms with van der Waals surface area (Å²) in [6.07, 6.45) is 2.13. The second kappa shape index (κ2) is 7.45. The summed E-state index contributed by atoms with van der Waals surface area (Å²) in [6, 6.07) is 6.90. The minimum Gasteiger partial charge on any atom is -0.352 e. The van der Waals surface area contributed by atoms with Crippen molar-refractivity contribution in [1.82, 2.24) is 10.3 Å². The summed E-state index contributed by atoms with van der Waals surface area (Å²) in [5.74, 6) is -0.279. The number of benzene rings is 1. The van der Waals surface area contributed by atoms with Crippen molar-refractivity contribution in [3.8, 4) is 0 Å². The molecule has 2 aromatic rings. The van der Waals surface area contributed by atoms with Crippen molar-refractivity contribution in [3.05, 3.63) is 61.3 Å². The molecule has 0 aliphatic carbocycles. The van der Waals surface area contributed by atoms with Gasteiger partial charge in [-0.25, -0.2) is 4.98 Å². The Morgan fingerprint density at radius 1 is 1.24 bits per heavy atom. The van der Waals surface area contributed by atoms with Crippen molar-refractivity contribution in [2.45, 2.75) is 6.42 Å². The van der Waals surface area contributed by atoms with Gasteiger partial charge in [-0.1, -0.05) is 40.9 Å². The highest BCUT2D eigenvalue weighted by molar-refractivity contribution is 9.10. The number of carbonyl (C=O) groups is 1. The SMILES string of the molecule is O=C(NCCc1ccc(Cl)cc1Cl)c1cc(Br)cnc1Cl. The average molecular weight is 409 g/mol. The van der Waals surface area contributed by atoms with Gasteiger partial charge in [0.2, 0.25) is 0 Å². The number of carbonyl (C=O) groups excluding carboxylic acids is 1. The fourth-order valence-corrected chi connectivity index (χ4v) is 2.74. The predicted octanol–water partition coefficient (Wildman–Crippen LogP) is 4.78. The lowest BCUT2D eigenvalue weighted by atomic mass is 10.1. The molecule has 0 unspecified atom stereocenters. The van der Waals surface area contributed by atoms with Gasteiger partial charge in [0.25, 0.3) is 5.91 Å². The number of hydrogen-bond donors (Lipinski definition) is 1. The molecule has 7 heteroatoms. The quantitative estimate of drug-likeness (QED) is 0.740. The summed E-state index contributed by atoms with van der Waals surface area (Å²) in [5.41, 5.74) is 1.24. The van der Waals surface area contributed by atoms with E-state index in [1.54, 1.807) is 18.2 Å². The molecule has 1 N–H and O–H groups in total. The van der Waals surface area contributed by atoms with Gasteiger partial charge in [0.1, 0.15) is 5.15 Å². The first-order valence-corrected chi connectivity index (χ1v) is 7.93. The molecule has 0 atom stereocenters. The molecule has 3 nitrogen and oxygen atoms in total. The topological polar surface area (TPSA) is 42.0 Å². The molecule has 0 radical (unpaired) electrons. The van der Waals surface area contributed by atoms with E-state index in [2.05, 4.69) is 26.2 Å². The number of amides is 1. The maximum Gasteiger partial charge on any atom is 0.254 e. The summed E-state index contributed by atoms with van der Waals surface area (Å²) in [4.78, 5) is 15.9. The van der Waals surface area contributed by atoms with E-state index in [1.807, 2.05) is 6.07 Å². The maximum absolute atomic E-state index is 12.0. The van der Waals surface area contributed by atoms with E-state index in [1.165, 1.54) is 6.20 Å². The van der Waals surface area contributed by atoms with Crippen molar-refractivity contribution in [3.63, 3.8) is 0 Å². The van der Waals surface area contributed by atoms with E-state index in [-0.39, 0.29) is 11.1 Å². The highest BCUT2D eigenvalue weighted by Gasteiger charge is 2.12. The number of hydrogen-bond acceptors (Lipinski definition) is 2. The Kier molecular flexibility index (Phi) is 5.88. The lowest BCUT2D eigenvalue weighted by molar-refractivity contribution is 0.0954. The van der Waals surface area contributed by atoms with Crippen LogP contribution in [-0.4, -0.2) is 17.4 Å². The number of rotatable bonds is 4. The van der Waals surface area contributed by atoms with Gasteiger partial charge in [-0.3, -0.25) is 4.79 Å². The van der Waals surface area contributed by atoms with Crippen molar-refractivity contribution in [1.29, 1.82) is 0 Å². The van der Waals surface area contributed by atoms with Crippen LogP contribution in [0.5, 0.6) is 0 Å². The van der Waals surface area contributed by atoms with Crippen LogP contribution in [-0.2, 0) is 6.42 Å². The largest absolute Gasteiger partial charge is 0.352 e. The number of pyridine rings is 1. The molecule has 1 heterocycles. The first-order valence-electron chi connectivity index (χ1n) is 6.00. The summed E-state index contributed by atoms with van der Waals surface area (Å²) in [7, 11) is 0. The second-order valence-corrected chi connectivity index (χ2v) is 6.35. The Labute approximate surface area is 145 Å². The van der Waals surface area contributed by atoms with E-state index >= 15 is 0 Å². The van der Waals surface area contributed by atoms with Crippen LogP contribution in [0.3, 0.4) is 0 Å². The van der Waals surface area contributed by atoms with Crippen molar-refractivity contribution < 1.29 is 4.79 Å². The molecule has 0 bridgehead atoms. The van der Waals surface area contributed by atoms with Gasteiger partial charge in [0.15, 0.2) is 0 Å². The van der Waals surface area contributed by atoms with Crippen LogP contribution in [0, 0.1) is 0 Å². The van der Waals surface area contributed by atoms with E-state index in [4.69, 9.17) is 34.8 Å². The van der Waals surface area contributed by atoms with Gasteiger partial charge >= 0.3 is 0 Å².